The molecule has 1 saturated heterocycles. The largest absolute Gasteiger partial charge is 0.475 e. The van der Waals surface area contributed by atoms with Crippen molar-refractivity contribution >= 4 is 11.6 Å². The normalized spacial score (nSPS) is 30.1. The Morgan fingerprint density at radius 3 is 3.33 bits per heavy atom. The van der Waals surface area contributed by atoms with Crippen LogP contribution in [0.3, 0.4) is 0 Å². The summed E-state index contributed by atoms with van der Waals surface area (Å²) in [7, 11) is 0. The Labute approximate surface area is 74.4 Å². The van der Waals surface area contributed by atoms with E-state index in [0.717, 1.165) is 16.3 Å². The summed E-state index contributed by atoms with van der Waals surface area (Å²) in [6.07, 6.45) is 0.0763. The molecule has 0 spiro atoms. The second-order valence-electron chi connectivity index (χ2n) is 2.83. The summed E-state index contributed by atoms with van der Waals surface area (Å²) in [4.78, 5) is 5.21. The molecule has 0 aliphatic carbocycles. The molecule has 0 radical (unpaired) electrons. The molecule has 62 valence electrons. The molecule has 3 nitrogen and oxygen atoms in total. The van der Waals surface area contributed by atoms with Crippen molar-refractivity contribution in [2.45, 2.75) is 6.23 Å². The highest BCUT2D eigenvalue weighted by atomic mass is 35.5. The molecule has 0 saturated carbocycles. The summed E-state index contributed by atoms with van der Waals surface area (Å²) >= 11 is 5.83. The quantitative estimate of drug-likeness (QED) is 0.575. The summed E-state index contributed by atoms with van der Waals surface area (Å²) in [6.45, 7) is 0.513. The van der Waals surface area contributed by atoms with E-state index in [0.29, 0.717) is 6.73 Å². The molecular formula is C8H6ClNO2. The van der Waals surface area contributed by atoms with Crippen molar-refractivity contribution in [2.24, 2.45) is 0 Å². The van der Waals surface area contributed by atoms with Gasteiger partial charge in [0.1, 0.15) is 5.75 Å². The Morgan fingerprint density at radius 1 is 1.50 bits per heavy atom. The minimum atomic E-state index is 0.0763. The lowest BCUT2D eigenvalue weighted by atomic mass is 10.2. The van der Waals surface area contributed by atoms with Crippen molar-refractivity contribution in [2.75, 3.05) is 6.73 Å². The van der Waals surface area contributed by atoms with Crippen LogP contribution in [0.4, 0.5) is 0 Å². The van der Waals surface area contributed by atoms with Gasteiger partial charge in [0.25, 0.3) is 0 Å². The van der Waals surface area contributed by atoms with E-state index in [2.05, 4.69) is 0 Å². The lowest BCUT2D eigenvalue weighted by molar-refractivity contribution is 0.0983. The fourth-order valence-corrected chi connectivity index (χ4v) is 1.57. The molecule has 4 heteroatoms. The number of benzene rings is 1. The van der Waals surface area contributed by atoms with E-state index >= 15 is 0 Å². The van der Waals surface area contributed by atoms with Crippen LogP contribution in [0.15, 0.2) is 18.2 Å². The van der Waals surface area contributed by atoms with E-state index in [1.807, 2.05) is 18.2 Å². The number of hydrogen-bond donors (Lipinski definition) is 0. The van der Waals surface area contributed by atoms with Crippen molar-refractivity contribution in [3.8, 4) is 5.75 Å². The van der Waals surface area contributed by atoms with Gasteiger partial charge in [0, 0.05) is 10.6 Å². The van der Waals surface area contributed by atoms with Crippen molar-refractivity contribution in [1.29, 1.82) is 0 Å². The molecule has 1 aromatic rings. The van der Waals surface area contributed by atoms with Crippen LogP contribution < -0.4 is 4.74 Å². The third kappa shape index (κ3) is 0.843. The van der Waals surface area contributed by atoms with Crippen LogP contribution in [0.5, 0.6) is 5.75 Å². The topological polar surface area (TPSA) is 24.8 Å². The average Bonchev–Trinajstić information content (AvgIpc) is 2.82. The van der Waals surface area contributed by atoms with Crippen LogP contribution in [0.2, 0.25) is 5.02 Å². The lowest BCUT2D eigenvalue weighted by Gasteiger charge is -2.13. The Morgan fingerprint density at radius 2 is 2.42 bits per heavy atom. The van der Waals surface area contributed by atoms with Gasteiger partial charge in [0.15, 0.2) is 13.0 Å². The smallest absolute Gasteiger partial charge is 0.187 e. The average molecular weight is 184 g/mol. The van der Waals surface area contributed by atoms with Crippen LogP contribution in [0.25, 0.3) is 0 Å². The Bertz CT molecular complexity index is 342. The van der Waals surface area contributed by atoms with Gasteiger partial charge in [-0.25, -0.2) is 0 Å². The monoisotopic (exact) mass is 183 g/mol. The highest BCUT2D eigenvalue weighted by molar-refractivity contribution is 6.30. The van der Waals surface area contributed by atoms with Gasteiger partial charge < -0.3 is 4.74 Å². The highest BCUT2D eigenvalue weighted by Crippen LogP contribution is 2.45. The van der Waals surface area contributed by atoms with E-state index in [1.165, 1.54) is 0 Å². The third-order valence-electron chi connectivity index (χ3n) is 2.04. The van der Waals surface area contributed by atoms with E-state index in [9.17, 15) is 0 Å². The van der Waals surface area contributed by atoms with Crippen LogP contribution in [-0.4, -0.2) is 11.8 Å². The molecule has 12 heavy (non-hydrogen) atoms. The SMILES string of the molecule is Clc1ccc2c(c1)C1ON1CO2. The second kappa shape index (κ2) is 2.13. The second-order valence-corrected chi connectivity index (χ2v) is 3.27. The van der Waals surface area contributed by atoms with Crippen molar-refractivity contribution in [1.82, 2.24) is 5.06 Å². The van der Waals surface area contributed by atoms with E-state index in [1.54, 1.807) is 5.06 Å². The first-order valence-corrected chi connectivity index (χ1v) is 4.08. The van der Waals surface area contributed by atoms with E-state index in [-0.39, 0.29) is 6.23 Å². The molecule has 1 fully saturated rings. The third-order valence-corrected chi connectivity index (χ3v) is 2.27. The van der Waals surface area contributed by atoms with Gasteiger partial charge in [-0.15, -0.1) is 5.06 Å². The summed E-state index contributed by atoms with van der Waals surface area (Å²) < 4.78 is 5.37. The number of hydroxylamine groups is 2. The zero-order valence-corrected chi connectivity index (χ0v) is 6.91. The van der Waals surface area contributed by atoms with E-state index in [4.69, 9.17) is 21.2 Å². The Hall–Kier alpha value is -0.770. The molecule has 2 aliphatic heterocycles. The zero-order chi connectivity index (χ0) is 8.13. The first-order chi connectivity index (χ1) is 5.84. The van der Waals surface area contributed by atoms with Crippen molar-refractivity contribution < 1.29 is 9.57 Å². The minimum Gasteiger partial charge on any atom is -0.475 e. The molecular weight excluding hydrogens is 178 g/mol. The summed E-state index contributed by atoms with van der Waals surface area (Å²) in [5.74, 6) is 0.873. The number of nitrogens with zero attached hydrogens (tertiary/aromatic N) is 1. The lowest BCUT2D eigenvalue weighted by Crippen LogP contribution is -2.14. The number of rotatable bonds is 0. The zero-order valence-electron chi connectivity index (χ0n) is 6.16. The van der Waals surface area contributed by atoms with Gasteiger partial charge in [-0.05, 0) is 18.2 Å². The van der Waals surface area contributed by atoms with Gasteiger partial charge >= 0.3 is 0 Å². The highest BCUT2D eigenvalue weighted by Gasteiger charge is 2.43. The minimum absolute atomic E-state index is 0.0763. The predicted molar refractivity (Wildman–Crippen MR) is 42.6 cm³/mol. The molecule has 2 heterocycles. The van der Waals surface area contributed by atoms with Gasteiger partial charge in [-0.3, -0.25) is 4.84 Å². The molecule has 2 unspecified atom stereocenters. The molecule has 1 aromatic carbocycles. The standard InChI is InChI=1S/C8H6ClNO2/c9-5-1-2-7-6(3-5)8-10(12-8)4-11-7/h1-3,8H,4H2. The van der Waals surface area contributed by atoms with Crippen molar-refractivity contribution in [3.63, 3.8) is 0 Å². The number of fused-ring (bicyclic) bond motifs is 3. The van der Waals surface area contributed by atoms with Crippen LogP contribution in [-0.2, 0) is 4.84 Å². The first-order valence-electron chi connectivity index (χ1n) is 3.70. The maximum atomic E-state index is 5.83. The summed E-state index contributed by atoms with van der Waals surface area (Å²) in [5, 5.41) is 2.48. The molecule has 0 bridgehead atoms. The molecule has 0 amide bonds. The van der Waals surface area contributed by atoms with E-state index < -0.39 is 0 Å². The summed E-state index contributed by atoms with van der Waals surface area (Å²) in [5.41, 5.74) is 1.02. The molecule has 2 atom stereocenters. The van der Waals surface area contributed by atoms with Gasteiger partial charge in [-0.1, -0.05) is 11.6 Å². The summed E-state index contributed by atoms with van der Waals surface area (Å²) in [6, 6.07) is 5.57. The molecule has 3 rings (SSSR count). The molecule has 0 N–H and O–H groups in total. The fraction of sp³-hybridized carbons (Fsp3) is 0.250. The maximum Gasteiger partial charge on any atom is 0.187 e. The number of hydrogen-bond acceptors (Lipinski definition) is 3. The van der Waals surface area contributed by atoms with Gasteiger partial charge in [-0.2, -0.15) is 0 Å². The van der Waals surface area contributed by atoms with Crippen LogP contribution >= 0.6 is 11.6 Å². The first kappa shape index (κ1) is 6.71. The van der Waals surface area contributed by atoms with Crippen LogP contribution in [0.1, 0.15) is 11.8 Å². The van der Waals surface area contributed by atoms with Crippen molar-refractivity contribution in [3.05, 3.63) is 28.8 Å². The molecule has 2 aliphatic rings. The maximum absolute atomic E-state index is 5.83. The van der Waals surface area contributed by atoms with Gasteiger partial charge in [0.05, 0.1) is 0 Å². The van der Waals surface area contributed by atoms with Gasteiger partial charge in [0.2, 0.25) is 0 Å². The van der Waals surface area contributed by atoms with Crippen LogP contribution in [0, 0.1) is 0 Å². The Kier molecular flexibility index (Phi) is 1.19. The number of halogens is 1. The predicted octanol–water partition coefficient (Wildman–Crippen LogP) is 1.94. The fourth-order valence-electron chi connectivity index (χ4n) is 1.39. The number of ether oxygens (including phenoxy) is 1. The Balaban J connectivity index is 2.14. The molecule has 0 aromatic heterocycles.